The van der Waals surface area contributed by atoms with Crippen molar-refractivity contribution in [1.82, 2.24) is 10.2 Å². The molecule has 10 heteroatoms. The highest BCUT2D eigenvalue weighted by molar-refractivity contribution is 7.92. The molecule has 0 aliphatic carbocycles. The van der Waals surface area contributed by atoms with Crippen molar-refractivity contribution in [3.05, 3.63) is 125 Å². The molecule has 0 heterocycles. The van der Waals surface area contributed by atoms with E-state index in [-0.39, 0.29) is 35.5 Å². The van der Waals surface area contributed by atoms with E-state index < -0.39 is 28.5 Å². The zero-order valence-electron chi connectivity index (χ0n) is 26.3. The molecule has 0 saturated heterocycles. The van der Waals surface area contributed by atoms with Gasteiger partial charge in [0.2, 0.25) is 11.8 Å². The molecule has 4 aromatic carbocycles. The van der Waals surface area contributed by atoms with E-state index in [4.69, 9.17) is 16.3 Å². The molecule has 0 unspecified atom stereocenters. The number of nitrogens with zero attached hydrogens (tertiary/aromatic N) is 2. The molecule has 0 spiro atoms. The number of amides is 2. The van der Waals surface area contributed by atoms with Gasteiger partial charge in [0.15, 0.2) is 0 Å². The van der Waals surface area contributed by atoms with Crippen LogP contribution < -0.4 is 14.4 Å². The molecular formula is C36H40ClN3O5S. The van der Waals surface area contributed by atoms with Crippen molar-refractivity contribution in [2.24, 2.45) is 0 Å². The average molecular weight is 662 g/mol. The number of anilines is 1. The van der Waals surface area contributed by atoms with Gasteiger partial charge in [0.25, 0.3) is 10.0 Å². The summed E-state index contributed by atoms with van der Waals surface area (Å²) >= 11 is 6.15. The van der Waals surface area contributed by atoms with Crippen molar-refractivity contribution < 1.29 is 22.7 Å². The number of carbonyl (C=O) groups is 2. The average Bonchev–Trinajstić information content (AvgIpc) is 3.07. The monoisotopic (exact) mass is 661 g/mol. The molecule has 2 amide bonds. The van der Waals surface area contributed by atoms with Crippen molar-refractivity contribution in [3.8, 4) is 5.75 Å². The molecule has 4 aromatic rings. The highest BCUT2D eigenvalue weighted by atomic mass is 35.5. The van der Waals surface area contributed by atoms with E-state index in [0.29, 0.717) is 23.8 Å². The van der Waals surface area contributed by atoms with Crippen LogP contribution in [0.25, 0.3) is 0 Å². The van der Waals surface area contributed by atoms with Gasteiger partial charge in [-0.15, -0.1) is 0 Å². The molecule has 4 rings (SSSR count). The summed E-state index contributed by atoms with van der Waals surface area (Å²) in [6.07, 6.45) is 0.937. The van der Waals surface area contributed by atoms with E-state index in [1.54, 1.807) is 66.7 Å². The Labute approximate surface area is 277 Å². The number of rotatable bonds is 15. The molecule has 46 heavy (non-hydrogen) atoms. The maximum absolute atomic E-state index is 14.5. The van der Waals surface area contributed by atoms with Gasteiger partial charge in [0.1, 0.15) is 18.3 Å². The van der Waals surface area contributed by atoms with Crippen LogP contribution in [0.4, 0.5) is 5.69 Å². The van der Waals surface area contributed by atoms with E-state index >= 15 is 0 Å². The van der Waals surface area contributed by atoms with Gasteiger partial charge in [-0.25, -0.2) is 8.42 Å². The lowest BCUT2D eigenvalue weighted by atomic mass is 10.0. The van der Waals surface area contributed by atoms with E-state index in [2.05, 4.69) is 5.32 Å². The van der Waals surface area contributed by atoms with Crippen molar-refractivity contribution >= 4 is 39.1 Å². The second-order valence-corrected chi connectivity index (χ2v) is 13.2. The zero-order valence-corrected chi connectivity index (χ0v) is 27.9. The first kappa shape index (κ1) is 34.5. The van der Waals surface area contributed by atoms with Gasteiger partial charge < -0.3 is 15.0 Å². The van der Waals surface area contributed by atoms with E-state index in [1.807, 2.05) is 51.1 Å². The second-order valence-electron chi connectivity index (χ2n) is 10.9. The molecule has 0 aliphatic heterocycles. The van der Waals surface area contributed by atoms with Gasteiger partial charge in [-0.3, -0.25) is 13.9 Å². The summed E-state index contributed by atoms with van der Waals surface area (Å²) in [7, 11) is -4.19. The number of hydrogen-bond donors (Lipinski definition) is 1. The SMILES string of the molecule is CCOc1ccc(N(CC(=O)N(Cc2ccc(Cl)cc2)[C@H](Cc2ccccc2)C(=O)N[C@@H](C)CC)S(=O)(=O)c2ccccc2)cc1. The first-order valence-corrected chi connectivity index (χ1v) is 17.1. The van der Waals surface area contributed by atoms with Crippen molar-refractivity contribution in [1.29, 1.82) is 0 Å². The highest BCUT2D eigenvalue weighted by Crippen LogP contribution is 2.27. The van der Waals surface area contributed by atoms with Crippen LogP contribution in [-0.2, 0) is 32.6 Å². The molecule has 0 fully saturated rings. The van der Waals surface area contributed by atoms with Crippen LogP contribution in [-0.4, -0.2) is 50.4 Å². The minimum absolute atomic E-state index is 0.0382. The van der Waals surface area contributed by atoms with Crippen LogP contribution in [0.3, 0.4) is 0 Å². The zero-order chi connectivity index (χ0) is 33.1. The Hall–Kier alpha value is -4.34. The lowest BCUT2D eigenvalue weighted by molar-refractivity contribution is -0.140. The fourth-order valence-electron chi connectivity index (χ4n) is 4.91. The van der Waals surface area contributed by atoms with E-state index in [1.165, 1.54) is 17.0 Å². The summed E-state index contributed by atoms with van der Waals surface area (Å²) in [5, 5.41) is 3.57. The number of carbonyl (C=O) groups excluding carboxylic acids is 2. The lowest BCUT2D eigenvalue weighted by Gasteiger charge is -2.34. The van der Waals surface area contributed by atoms with Crippen molar-refractivity contribution in [2.75, 3.05) is 17.5 Å². The maximum atomic E-state index is 14.5. The smallest absolute Gasteiger partial charge is 0.264 e. The van der Waals surface area contributed by atoms with Gasteiger partial charge in [0.05, 0.1) is 17.2 Å². The first-order chi connectivity index (χ1) is 22.1. The Balaban J connectivity index is 1.79. The first-order valence-electron chi connectivity index (χ1n) is 15.3. The lowest BCUT2D eigenvalue weighted by Crippen LogP contribution is -2.54. The molecular weight excluding hydrogens is 622 g/mol. The van der Waals surface area contributed by atoms with Crippen LogP contribution in [0.1, 0.15) is 38.3 Å². The molecule has 2 atom stereocenters. The third-order valence-corrected chi connectivity index (χ3v) is 9.62. The fourth-order valence-corrected chi connectivity index (χ4v) is 6.47. The molecule has 242 valence electrons. The second kappa shape index (κ2) is 16.3. The summed E-state index contributed by atoms with van der Waals surface area (Å²) in [6, 6.07) is 29.9. The molecule has 0 saturated carbocycles. The minimum Gasteiger partial charge on any atom is -0.494 e. The van der Waals surface area contributed by atoms with Gasteiger partial charge in [-0.05, 0) is 79.9 Å². The normalized spacial score (nSPS) is 12.5. The van der Waals surface area contributed by atoms with E-state index in [0.717, 1.165) is 15.4 Å². The van der Waals surface area contributed by atoms with E-state index in [9.17, 15) is 18.0 Å². The van der Waals surface area contributed by atoms with Crippen LogP contribution in [0.5, 0.6) is 5.75 Å². The Kier molecular flexibility index (Phi) is 12.2. The Bertz CT molecular complexity index is 1670. The predicted molar refractivity (Wildman–Crippen MR) is 182 cm³/mol. The number of ether oxygens (including phenoxy) is 1. The highest BCUT2D eigenvalue weighted by Gasteiger charge is 2.35. The van der Waals surface area contributed by atoms with Gasteiger partial charge in [0, 0.05) is 24.0 Å². The summed E-state index contributed by atoms with van der Waals surface area (Å²) < 4.78 is 34.9. The summed E-state index contributed by atoms with van der Waals surface area (Å²) in [5.41, 5.74) is 1.89. The summed E-state index contributed by atoms with van der Waals surface area (Å²) in [4.78, 5) is 29.9. The van der Waals surface area contributed by atoms with Crippen LogP contribution in [0, 0.1) is 0 Å². The fraction of sp³-hybridized carbons (Fsp3) is 0.278. The third-order valence-electron chi connectivity index (χ3n) is 7.58. The van der Waals surface area contributed by atoms with Crippen LogP contribution in [0.2, 0.25) is 5.02 Å². The standard InChI is InChI=1S/C36H40ClN3O5S/c1-4-27(3)38-36(42)34(24-28-12-8-6-9-13-28)39(25-29-16-18-30(37)19-17-29)35(41)26-40(31-20-22-32(23-21-31)45-5-2)46(43,44)33-14-10-7-11-15-33/h6-23,27,34H,4-5,24-26H2,1-3H3,(H,38,42)/t27-,34+/m0/s1. The van der Waals surface area contributed by atoms with Gasteiger partial charge in [-0.2, -0.15) is 0 Å². The number of halogens is 1. The molecule has 0 aromatic heterocycles. The van der Waals surface area contributed by atoms with Crippen molar-refractivity contribution in [2.45, 2.75) is 57.1 Å². The number of sulfonamides is 1. The number of benzene rings is 4. The maximum Gasteiger partial charge on any atom is 0.264 e. The molecule has 0 aliphatic rings. The van der Waals surface area contributed by atoms with Crippen LogP contribution >= 0.6 is 11.6 Å². The quantitative estimate of drug-likeness (QED) is 0.157. The molecule has 0 bridgehead atoms. The molecule has 0 radical (unpaired) electrons. The third kappa shape index (κ3) is 9.11. The predicted octanol–water partition coefficient (Wildman–Crippen LogP) is 6.49. The molecule has 8 nitrogen and oxygen atoms in total. The van der Waals surface area contributed by atoms with Crippen LogP contribution in [0.15, 0.2) is 114 Å². The topological polar surface area (TPSA) is 96.0 Å². The summed E-state index contributed by atoms with van der Waals surface area (Å²) in [5.74, 6) is -0.286. The van der Waals surface area contributed by atoms with Gasteiger partial charge in [-0.1, -0.05) is 79.2 Å². The summed E-state index contributed by atoms with van der Waals surface area (Å²) in [6.45, 7) is 5.70. The van der Waals surface area contributed by atoms with Gasteiger partial charge >= 0.3 is 0 Å². The Morgan fingerprint density at radius 1 is 0.826 bits per heavy atom. The largest absolute Gasteiger partial charge is 0.494 e. The number of hydrogen-bond acceptors (Lipinski definition) is 5. The molecule has 1 N–H and O–H groups in total. The number of nitrogens with one attached hydrogen (secondary N) is 1. The minimum atomic E-state index is -4.19. The van der Waals surface area contributed by atoms with Crippen molar-refractivity contribution in [3.63, 3.8) is 0 Å². The Morgan fingerprint density at radius 3 is 2.02 bits per heavy atom. The Morgan fingerprint density at radius 2 is 1.43 bits per heavy atom.